The molecule has 0 spiro atoms. The van der Waals surface area contributed by atoms with E-state index >= 15 is 0 Å². The van der Waals surface area contributed by atoms with Gasteiger partial charge in [-0.25, -0.2) is 0 Å². The second-order valence-corrected chi connectivity index (χ2v) is 5.26. The fourth-order valence-corrected chi connectivity index (χ4v) is 2.43. The monoisotopic (exact) mass is 283 g/mol. The van der Waals surface area contributed by atoms with E-state index in [2.05, 4.69) is 66.3 Å². The van der Waals surface area contributed by atoms with Crippen LogP contribution in [0, 0.1) is 6.92 Å². The Morgan fingerprint density at radius 3 is 2.67 bits per heavy atom. The van der Waals surface area contributed by atoms with Crippen LogP contribution in [-0.2, 0) is 6.54 Å². The van der Waals surface area contributed by atoms with Gasteiger partial charge in [0.25, 0.3) is 0 Å². The van der Waals surface area contributed by atoms with Crippen molar-refractivity contribution >= 4 is 11.4 Å². The van der Waals surface area contributed by atoms with Gasteiger partial charge in [-0.3, -0.25) is 4.98 Å². The van der Waals surface area contributed by atoms with Gasteiger partial charge in [0, 0.05) is 30.7 Å². The standard InChI is InChI=1S/C18H25N3/c1-4-11-19-16-10-12-20-17(13-16)14-21(5-2)18-9-7-6-8-15(18)3/h6-10,12-13H,4-5,11,14H2,1-3H3,(H,19,20). The molecule has 0 atom stereocenters. The van der Waals surface area contributed by atoms with Gasteiger partial charge in [-0.1, -0.05) is 25.1 Å². The average Bonchev–Trinajstić information content (AvgIpc) is 2.52. The third-order valence-electron chi connectivity index (χ3n) is 3.59. The van der Waals surface area contributed by atoms with Crippen molar-refractivity contribution in [1.29, 1.82) is 0 Å². The first kappa shape index (κ1) is 15.4. The van der Waals surface area contributed by atoms with Crippen molar-refractivity contribution in [3.63, 3.8) is 0 Å². The lowest BCUT2D eigenvalue weighted by Gasteiger charge is -2.24. The predicted octanol–water partition coefficient (Wildman–Crippen LogP) is 4.24. The minimum Gasteiger partial charge on any atom is -0.385 e. The topological polar surface area (TPSA) is 28.2 Å². The number of pyridine rings is 1. The number of para-hydroxylation sites is 1. The molecule has 0 saturated carbocycles. The van der Waals surface area contributed by atoms with E-state index in [1.54, 1.807) is 0 Å². The molecule has 3 heteroatoms. The summed E-state index contributed by atoms with van der Waals surface area (Å²) in [4.78, 5) is 6.87. The Balaban J connectivity index is 2.13. The first-order valence-electron chi connectivity index (χ1n) is 7.74. The van der Waals surface area contributed by atoms with E-state index in [0.29, 0.717) is 0 Å². The van der Waals surface area contributed by atoms with Crippen LogP contribution >= 0.6 is 0 Å². The lowest BCUT2D eigenvalue weighted by molar-refractivity contribution is 0.806. The van der Waals surface area contributed by atoms with Crippen LogP contribution in [0.3, 0.4) is 0 Å². The lowest BCUT2D eigenvalue weighted by atomic mass is 10.1. The second-order valence-electron chi connectivity index (χ2n) is 5.26. The normalized spacial score (nSPS) is 10.4. The second kappa shape index (κ2) is 7.67. The fourth-order valence-electron chi connectivity index (χ4n) is 2.43. The molecule has 0 aliphatic carbocycles. The van der Waals surface area contributed by atoms with Crippen molar-refractivity contribution in [2.24, 2.45) is 0 Å². The van der Waals surface area contributed by atoms with Crippen LogP contribution in [0.15, 0.2) is 42.6 Å². The van der Waals surface area contributed by atoms with E-state index in [1.807, 2.05) is 12.3 Å². The van der Waals surface area contributed by atoms with Crippen LogP contribution in [0.25, 0.3) is 0 Å². The molecule has 1 aromatic heterocycles. The smallest absolute Gasteiger partial charge is 0.0617 e. The molecular formula is C18H25N3. The van der Waals surface area contributed by atoms with Crippen molar-refractivity contribution < 1.29 is 0 Å². The summed E-state index contributed by atoms with van der Waals surface area (Å²) in [5.74, 6) is 0. The SMILES string of the molecule is CCCNc1ccnc(CN(CC)c2ccccc2C)c1. The number of hydrogen-bond acceptors (Lipinski definition) is 3. The van der Waals surface area contributed by atoms with Crippen molar-refractivity contribution in [3.05, 3.63) is 53.9 Å². The molecule has 2 rings (SSSR count). The van der Waals surface area contributed by atoms with Crippen LogP contribution in [0.5, 0.6) is 0 Å². The molecule has 0 aliphatic heterocycles. The van der Waals surface area contributed by atoms with Gasteiger partial charge >= 0.3 is 0 Å². The number of nitrogens with zero attached hydrogens (tertiary/aromatic N) is 2. The molecule has 112 valence electrons. The summed E-state index contributed by atoms with van der Waals surface area (Å²) in [5.41, 5.74) is 4.84. The van der Waals surface area contributed by atoms with Gasteiger partial charge in [-0.05, 0) is 44.0 Å². The van der Waals surface area contributed by atoms with Gasteiger partial charge in [-0.15, -0.1) is 0 Å². The van der Waals surface area contributed by atoms with Crippen molar-refractivity contribution in [2.75, 3.05) is 23.3 Å². The zero-order valence-electron chi connectivity index (χ0n) is 13.3. The lowest BCUT2D eigenvalue weighted by Crippen LogP contribution is -2.23. The third kappa shape index (κ3) is 4.22. The van der Waals surface area contributed by atoms with E-state index in [0.717, 1.165) is 37.4 Å². The maximum Gasteiger partial charge on any atom is 0.0617 e. The largest absolute Gasteiger partial charge is 0.385 e. The van der Waals surface area contributed by atoms with Gasteiger partial charge in [0.15, 0.2) is 0 Å². The molecule has 21 heavy (non-hydrogen) atoms. The van der Waals surface area contributed by atoms with Crippen LogP contribution in [0.4, 0.5) is 11.4 Å². The Bertz CT molecular complexity index is 566. The first-order chi connectivity index (χ1) is 10.2. The molecule has 1 heterocycles. The number of hydrogen-bond donors (Lipinski definition) is 1. The molecule has 0 unspecified atom stereocenters. The Hall–Kier alpha value is -2.03. The minimum absolute atomic E-state index is 0.836. The maximum atomic E-state index is 4.51. The molecule has 0 aliphatic rings. The van der Waals surface area contributed by atoms with E-state index in [-0.39, 0.29) is 0 Å². The zero-order chi connectivity index (χ0) is 15.1. The summed E-state index contributed by atoms with van der Waals surface area (Å²) in [5, 5.41) is 3.42. The highest BCUT2D eigenvalue weighted by Crippen LogP contribution is 2.21. The van der Waals surface area contributed by atoms with Gasteiger partial charge in [0.2, 0.25) is 0 Å². The summed E-state index contributed by atoms with van der Waals surface area (Å²) in [6, 6.07) is 12.7. The summed E-state index contributed by atoms with van der Waals surface area (Å²) < 4.78 is 0. The predicted molar refractivity (Wildman–Crippen MR) is 90.9 cm³/mol. The number of benzene rings is 1. The van der Waals surface area contributed by atoms with E-state index in [4.69, 9.17) is 0 Å². The summed E-state index contributed by atoms with van der Waals surface area (Å²) in [7, 11) is 0. The van der Waals surface area contributed by atoms with Gasteiger partial charge in [0.1, 0.15) is 0 Å². The molecule has 0 radical (unpaired) electrons. The van der Waals surface area contributed by atoms with Gasteiger partial charge < -0.3 is 10.2 Å². The van der Waals surface area contributed by atoms with Crippen molar-refractivity contribution in [3.8, 4) is 0 Å². The highest BCUT2D eigenvalue weighted by Gasteiger charge is 2.08. The molecule has 1 aromatic carbocycles. The van der Waals surface area contributed by atoms with Crippen LogP contribution in [0.1, 0.15) is 31.5 Å². The fraction of sp³-hybridized carbons (Fsp3) is 0.389. The zero-order valence-corrected chi connectivity index (χ0v) is 13.3. The maximum absolute atomic E-state index is 4.51. The van der Waals surface area contributed by atoms with Crippen LogP contribution in [-0.4, -0.2) is 18.1 Å². The van der Waals surface area contributed by atoms with Gasteiger partial charge in [0.05, 0.1) is 12.2 Å². The van der Waals surface area contributed by atoms with Gasteiger partial charge in [-0.2, -0.15) is 0 Å². The molecule has 0 bridgehead atoms. The molecule has 0 saturated heterocycles. The summed E-state index contributed by atoms with van der Waals surface area (Å²) in [6.07, 6.45) is 3.01. The summed E-state index contributed by atoms with van der Waals surface area (Å²) >= 11 is 0. The summed E-state index contributed by atoms with van der Waals surface area (Å²) in [6.45, 7) is 9.32. The molecule has 0 fully saturated rings. The number of nitrogens with one attached hydrogen (secondary N) is 1. The number of aryl methyl sites for hydroxylation is 1. The Labute approximate surface area is 128 Å². The Morgan fingerprint density at radius 2 is 1.95 bits per heavy atom. The van der Waals surface area contributed by atoms with E-state index in [1.165, 1.54) is 11.3 Å². The van der Waals surface area contributed by atoms with E-state index in [9.17, 15) is 0 Å². The molecular weight excluding hydrogens is 258 g/mol. The molecule has 1 N–H and O–H groups in total. The highest BCUT2D eigenvalue weighted by molar-refractivity contribution is 5.53. The first-order valence-corrected chi connectivity index (χ1v) is 7.74. The molecule has 3 nitrogen and oxygen atoms in total. The molecule has 0 amide bonds. The highest BCUT2D eigenvalue weighted by atomic mass is 15.1. The van der Waals surface area contributed by atoms with Crippen molar-refractivity contribution in [1.82, 2.24) is 4.98 Å². The quantitative estimate of drug-likeness (QED) is 0.824. The third-order valence-corrected chi connectivity index (χ3v) is 3.59. The Morgan fingerprint density at radius 1 is 1.14 bits per heavy atom. The molecule has 2 aromatic rings. The van der Waals surface area contributed by atoms with E-state index < -0.39 is 0 Å². The van der Waals surface area contributed by atoms with Crippen LogP contribution < -0.4 is 10.2 Å². The number of anilines is 2. The Kier molecular flexibility index (Phi) is 5.61. The minimum atomic E-state index is 0.836. The van der Waals surface area contributed by atoms with Crippen molar-refractivity contribution in [2.45, 2.75) is 33.7 Å². The number of aromatic nitrogens is 1. The van der Waals surface area contributed by atoms with Crippen LogP contribution in [0.2, 0.25) is 0 Å². The number of rotatable bonds is 7. The average molecular weight is 283 g/mol.